The number of benzene rings is 2. The van der Waals surface area contributed by atoms with Gasteiger partial charge < -0.3 is 16.2 Å². The van der Waals surface area contributed by atoms with Crippen LogP contribution in [-0.2, 0) is 11.2 Å². The first-order chi connectivity index (χ1) is 11.1. The molecule has 0 radical (unpaired) electrons. The normalized spacial score (nSPS) is 24.5. The van der Waals surface area contributed by atoms with Gasteiger partial charge in [-0.2, -0.15) is 0 Å². The molecule has 1 aliphatic rings. The van der Waals surface area contributed by atoms with Gasteiger partial charge in [0.15, 0.2) is 0 Å². The molecule has 0 aromatic heterocycles. The van der Waals surface area contributed by atoms with Crippen molar-refractivity contribution < 1.29 is 9.90 Å². The third-order valence-electron chi connectivity index (χ3n) is 4.81. The first kappa shape index (κ1) is 16.0. The Labute approximate surface area is 136 Å². The first-order valence-corrected chi connectivity index (χ1v) is 8.33. The third-order valence-corrected chi connectivity index (χ3v) is 4.81. The van der Waals surface area contributed by atoms with Crippen LogP contribution in [0.5, 0.6) is 0 Å². The van der Waals surface area contributed by atoms with Crippen molar-refractivity contribution in [2.24, 2.45) is 11.7 Å². The number of carbonyl (C=O) groups excluding carboxylic acids is 1. The van der Waals surface area contributed by atoms with Crippen molar-refractivity contribution in [1.82, 2.24) is 5.32 Å². The average molecular weight is 312 g/mol. The Bertz CT molecular complexity index is 681. The van der Waals surface area contributed by atoms with E-state index < -0.39 is 6.10 Å². The third kappa shape index (κ3) is 3.71. The molecular weight excluding hydrogens is 288 g/mol. The Morgan fingerprint density at radius 2 is 1.96 bits per heavy atom. The summed E-state index contributed by atoms with van der Waals surface area (Å²) < 4.78 is 0. The predicted molar refractivity (Wildman–Crippen MR) is 92.0 cm³/mol. The molecule has 0 spiro atoms. The number of aliphatic hydroxyl groups excluding tert-OH is 1. The molecule has 2 aromatic carbocycles. The number of nitrogens with two attached hydrogens (primary N) is 1. The maximum atomic E-state index is 12.3. The summed E-state index contributed by atoms with van der Waals surface area (Å²) >= 11 is 0. The van der Waals surface area contributed by atoms with Crippen molar-refractivity contribution in [3.05, 3.63) is 48.0 Å². The van der Waals surface area contributed by atoms with Crippen LogP contribution >= 0.6 is 0 Å². The van der Waals surface area contributed by atoms with Crippen LogP contribution in [0.25, 0.3) is 10.8 Å². The molecule has 1 fully saturated rings. The van der Waals surface area contributed by atoms with E-state index in [4.69, 9.17) is 5.73 Å². The van der Waals surface area contributed by atoms with Crippen LogP contribution < -0.4 is 11.1 Å². The minimum Gasteiger partial charge on any atom is -0.392 e. The van der Waals surface area contributed by atoms with E-state index in [0.717, 1.165) is 12.8 Å². The topological polar surface area (TPSA) is 75.4 Å². The molecule has 23 heavy (non-hydrogen) atoms. The molecule has 0 saturated heterocycles. The fourth-order valence-corrected chi connectivity index (χ4v) is 3.40. The van der Waals surface area contributed by atoms with E-state index in [9.17, 15) is 9.90 Å². The van der Waals surface area contributed by atoms with Crippen LogP contribution in [-0.4, -0.2) is 29.7 Å². The van der Waals surface area contributed by atoms with E-state index >= 15 is 0 Å². The Kier molecular flexibility index (Phi) is 4.94. The lowest BCUT2D eigenvalue weighted by molar-refractivity contribution is -0.126. The SMILES string of the molecule is N[C@@H]1C[C@@H](C(=O)NCCc2cccc3ccccc23)CC[C@H]1O. The van der Waals surface area contributed by atoms with Gasteiger partial charge in [-0.05, 0) is 42.0 Å². The van der Waals surface area contributed by atoms with E-state index in [1.165, 1.54) is 16.3 Å². The molecule has 3 rings (SSSR count). The molecule has 4 nitrogen and oxygen atoms in total. The second kappa shape index (κ2) is 7.11. The van der Waals surface area contributed by atoms with Crippen molar-refractivity contribution in [3.63, 3.8) is 0 Å². The number of amides is 1. The van der Waals surface area contributed by atoms with Gasteiger partial charge in [-0.3, -0.25) is 4.79 Å². The molecule has 4 N–H and O–H groups in total. The quantitative estimate of drug-likeness (QED) is 0.808. The zero-order valence-corrected chi connectivity index (χ0v) is 13.2. The Morgan fingerprint density at radius 3 is 2.78 bits per heavy atom. The van der Waals surface area contributed by atoms with Gasteiger partial charge in [0.2, 0.25) is 5.91 Å². The van der Waals surface area contributed by atoms with Gasteiger partial charge in [-0.15, -0.1) is 0 Å². The number of aliphatic hydroxyl groups is 1. The summed E-state index contributed by atoms with van der Waals surface area (Å²) in [7, 11) is 0. The Balaban J connectivity index is 1.55. The number of fused-ring (bicyclic) bond motifs is 1. The summed E-state index contributed by atoms with van der Waals surface area (Å²) in [6.45, 7) is 0.626. The fraction of sp³-hybridized carbons (Fsp3) is 0.421. The molecule has 0 unspecified atom stereocenters. The highest BCUT2D eigenvalue weighted by atomic mass is 16.3. The highest BCUT2D eigenvalue weighted by Crippen LogP contribution is 2.24. The molecule has 3 atom stereocenters. The van der Waals surface area contributed by atoms with Crippen LogP contribution in [0.15, 0.2) is 42.5 Å². The zero-order valence-electron chi connectivity index (χ0n) is 13.2. The first-order valence-electron chi connectivity index (χ1n) is 8.33. The monoisotopic (exact) mass is 312 g/mol. The summed E-state index contributed by atoms with van der Waals surface area (Å²) in [4.78, 5) is 12.3. The molecule has 1 saturated carbocycles. The number of rotatable bonds is 4. The molecule has 0 heterocycles. The second-order valence-electron chi connectivity index (χ2n) is 6.42. The summed E-state index contributed by atoms with van der Waals surface area (Å²) in [6.07, 6.45) is 2.25. The zero-order chi connectivity index (χ0) is 16.2. The van der Waals surface area contributed by atoms with Gasteiger partial charge in [0.1, 0.15) is 0 Å². The maximum absolute atomic E-state index is 12.3. The minimum atomic E-state index is -0.463. The van der Waals surface area contributed by atoms with Crippen molar-refractivity contribution in [3.8, 4) is 0 Å². The standard InChI is InChI=1S/C19H24N2O2/c20-17-12-15(8-9-18(17)22)19(23)21-11-10-14-6-3-5-13-4-1-2-7-16(13)14/h1-7,15,17-18,22H,8-12,20H2,(H,21,23)/t15-,17+,18+/m0/s1. The highest BCUT2D eigenvalue weighted by Gasteiger charge is 2.30. The van der Waals surface area contributed by atoms with Crippen LogP contribution in [0.1, 0.15) is 24.8 Å². The van der Waals surface area contributed by atoms with Gasteiger partial charge in [0, 0.05) is 18.5 Å². The van der Waals surface area contributed by atoms with E-state index in [1.807, 2.05) is 12.1 Å². The van der Waals surface area contributed by atoms with Crippen molar-refractivity contribution in [2.45, 2.75) is 37.8 Å². The summed E-state index contributed by atoms with van der Waals surface area (Å²) in [5.41, 5.74) is 7.11. The van der Waals surface area contributed by atoms with Gasteiger partial charge >= 0.3 is 0 Å². The lowest BCUT2D eigenvalue weighted by Gasteiger charge is -2.30. The number of carbonyl (C=O) groups is 1. The van der Waals surface area contributed by atoms with E-state index in [2.05, 4.69) is 35.6 Å². The molecule has 0 aliphatic heterocycles. The van der Waals surface area contributed by atoms with Crippen molar-refractivity contribution in [1.29, 1.82) is 0 Å². The molecule has 1 aliphatic carbocycles. The minimum absolute atomic E-state index is 0.0626. The summed E-state index contributed by atoms with van der Waals surface area (Å²) in [5.74, 6) is -0.00601. The molecule has 2 aromatic rings. The Morgan fingerprint density at radius 1 is 1.17 bits per heavy atom. The van der Waals surface area contributed by atoms with Crippen LogP contribution in [0.3, 0.4) is 0 Å². The van der Waals surface area contributed by atoms with E-state index in [-0.39, 0.29) is 17.9 Å². The lowest BCUT2D eigenvalue weighted by Crippen LogP contribution is -2.45. The van der Waals surface area contributed by atoms with Crippen molar-refractivity contribution in [2.75, 3.05) is 6.54 Å². The van der Waals surface area contributed by atoms with Crippen LogP contribution in [0.4, 0.5) is 0 Å². The summed E-state index contributed by atoms with van der Waals surface area (Å²) in [5, 5.41) is 15.1. The molecular formula is C19H24N2O2. The molecule has 4 heteroatoms. The largest absolute Gasteiger partial charge is 0.392 e. The number of nitrogens with one attached hydrogen (secondary N) is 1. The smallest absolute Gasteiger partial charge is 0.223 e. The average Bonchev–Trinajstić information content (AvgIpc) is 2.57. The second-order valence-corrected chi connectivity index (χ2v) is 6.42. The van der Waals surface area contributed by atoms with Gasteiger partial charge in [0.25, 0.3) is 0 Å². The summed E-state index contributed by atoms with van der Waals surface area (Å²) in [6, 6.07) is 14.3. The van der Waals surface area contributed by atoms with E-state index in [0.29, 0.717) is 19.4 Å². The van der Waals surface area contributed by atoms with Gasteiger partial charge in [-0.25, -0.2) is 0 Å². The number of hydrogen-bond donors (Lipinski definition) is 3. The van der Waals surface area contributed by atoms with Gasteiger partial charge in [0.05, 0.1) is 6.10 Å². The van der Waals surface area contributed by atoms with Crippen LogP contribution in [0.2, 0.25) is 0 Å². The predicted octanol–water partition coefficient (Wildman–Crippen LogP) is 1.99. The number of hydrogen-bond acceptors (Lipinski definition) is 3. The maximum Gasteiger partial charge on any atom is 0.223 e. The molecule has 0 bridgehead atoms. The van der Waals surface area contributed by atoms with E-state index in [1.54, 1.807) is 0 Å². The highest BCUT2D eigenvalue weighted by molar-refractivity contribution is 5.85. The Hall–Kier alpha value is -1.91. The lowest BCUT2D eigenvalue weighted by atomic mass is 9.83. The van der Waals surface area contributed by atoms with Gasteiger partial charge in [-0.1, -0.05) is 42.5 Å². The van der Waals surface area contributed by atoms with Crippen molar-refractivity contribution >= 4 is 16.7 Å². The fourth-order valence-electron chi connectivity index (χ4n) is 3.40. The molecule has 122 valence electrons. The van der Waals surface area contributed by atoms with Crippen LogP contribution in [0, 0.1) is 5.92 Å². The molecule has 1 amide bonds.